The molecular formula is C12H24N2. The lowest BCUT2D eigenvalue weighted by Gasteiger charge is -2.34. The highest BCUT2D eigenvalue weighted by atomic mass is 15.2. The minimum Gasteiger partial charge on any atom is -0.306 e. The van der Waals surface area contributed by atoms with E-state index in [0.717, 1.165) is 6.04 Å². The van der Waals surface area contributed by atoms with Crippen LogP contribution in [0.15, 0.2) is 0 Å². The van der Waals surface area contributed by atoms with E-state index in [4.69, 9.17) is 0 Å². The van der Waals surface area contributed by atoms with E-state index in [0.29, 0.717) is 0 Å². The van der Waals surface area contributed by atoms with Crippen molar-refractivity contribution in [1.29, 1.82) is 0 Å². The molecule has 2 heteroatoms. The van der Waals surface area contributed by atoms with Crippen LogP contribution in [0.4, 0.5) is 0 Å². The van der Waals surface area contributed by atoms with Gasteiger partial charge in [0.15, 0.2) is 0 Å². The van der Waals surface area contributed by atoms with Gasteiger partial charge in [0.05, 0.1) is 0 Å². The zero-order chi connectivity index (χ0) is 9.80. The molecule has 0 aromatic heterocycles. The molecule has 2 heterocycles. The molecule has 0 bridgehead atoms. The second kappa shape index (κ2) is 5.13. The Morgan fingerprint density at radius 2 is 1.57 bits per heavy atom. The third-order valence-corrected chi connectivity index (χ3v) is 3.83. The normalized spacial score (nSPS) is 32.8. The summed E-state index contributed by atoms with van der Waals surface area (Å²) in [6.45, 7) is 5.36. The first-order chi connectivity index (χ1) is 6.86. The van der Waals surface area contributed by atoms with Crippen molar-refractivity contribution in [3.8, 4) is 0 Å². The van der Waals surface area contributed by atoms with Gasteiger partial charge in [0.25, 0.3) is 0 Å². The molecule has 2 nitrogen and oxygen atoms in total. The molecule has 0 amide bonds. The van der Waals surface area contributed by atoms with Crippen LogP contribution < -0.4 is 0 Å². The van der Waals surface area contributed by atoms with Gasteiger partial charge in [-0.1, -0.05) is 6.42 Å². The number of piperidine rings is 1. The van der Waals surface area contributed by atoms with Crippen LogP contribution in [-0.2, 0) is 0 Å². The summed E-state index contributed by atoms with van der Waals surface area (Å²) in [6.07, 6.45) is 8.57. The molecule has 0 radical (unpaired) electrons. The second-order valence-corrected chi connectivity index (χ2v) is 4.98. The minimum absolute atomic E-state index is 0.903. The fraction of sp³-hybridized carbons (Fsp3) is 1.00. The van der Waals surface area contributed by atoms with Gasteiger partial charge >= 0.3 is 0 Å². The molecule has 2 aliphatic rings. The quantitative estimate of drug-likeness (QED) is 0.632. The number of hydrogen-bond donors (Lipinski definition) is 0. The zero-order valence-corrected chi connectivity index (χ0v) is 9.54. The predicted molar refractivity (Wildman–Crippen MR) is 60.6 cm³/mol. The van der Waals surface area contributed by atoms with Crippen molar-refractivity contribution in [1.82, 2.24) is 9.80 Å². The Bertz CT molecular complexity index is 164. The van der Waals surface area contributed by atoms with Crippen LogP contribution in [0.1, 0.15) is 38.5 Å². The fourth-order valence-corrected chi connectivity index (χ4v) is 2.87. The van der Waals surface area contributed by atoms with E-state index >= 15 is 0 Å². The number of likely N-dealkylation sites (tertiary alicyclic amines) is 2. The van der Waals surface area contributed by atoms with Gasteiger partial charge < -0.3 is 9.80 Å². The Morgan fingerprint density at radius 3 is 2.36 bits per heavy atom. The van der Waals surface area contributed by atoms with Crippen molar-refractivity contribution in [2.24, 2.45) is 0 Å². The average Bonchev–Trinajstić information content (AvgIpc) is 2.44. The summed E-state index contributed by atoms with van der Waals surface area (Å²) in [5.41, 5.74) is 0. The van der Waals surface area contributed by atoms with Crippen molar-refractivity contribution >= 4 is 0 Å². The maximum absolute atomic E-state index is 2.75. The number of nitrogens with zero attached hydrogens (tertiary/aromatic N) is 2. The summed E-state index contributed by atoms with van der Waals surface area (Å²) in [5, 5.41) is 0. The predicted octanol–water partition coefficient (Wildman–Crippen LogP) is 1.96. The van der Waals surface area contributed by atoms with Crippen LogP contribution in [-0.4, -0.2) is 49.1 Å². The summed E-state index contributed by atoms with van der Waals surface area (Å²) in [4.78, 5) is 5.24. The summed E-state index contributed by atoms with van der Waals surface area (Å²) in [5.74, 6) is 0. The largest absolute Gasteiger partial charge is 0.306 e. The van der Waals surface area contributed by atoms with Gasteiger partial charge in [0.2, 0.25) is 0 Å². The van der Waals surface area contributed by atoms with Crippen molar-refractivity contribution in [3.63, 3.8) is 0 Å². The van der Waals surface area contributed by atoms with Crippen LogP contribution in [0.25, 0.3) is 0 Å². The molecule has 1 atom stereocenters. The first-order valence-corrected chi connectivity index (χ1v) is 6.29. The Balaban J connectivity index is 1.83. The highest BCUT2D eigenvalue weighted by Gasteiger charge is 2.22. The van der Waals surface area contributed by atoms with E-state index in [9.17, 15) is 0 Å². The molecular weight excluding hydrogens is 172 g/mol. The Kier molecular flexibility index (Phi) is 3.82. The molecule has 2 aliphatic heterocycles. The first-order valence-electron chi connectivity index (χ1n) is 6.29. The molecule has 2 fully saturated rings. The number of rotatable bonds is 1. The van der Waals surface area contributed by atoms with Gasteiger partial charge in [0.1, 0.15) is 0 Å². The second-order valence-electron chi connectivity index (χ2n) is 4.98. The van der Waals surface area contributed by atoms with Crippen LogP contribution in [0.3, 0.4) is 0 Å². The lowest BCUT2D eigenvalue weighted by molar-refractivity contribution is 0.149. The van der Waals surface area contributed by atoms with E-state index in [-0.39, 0.29) is 0 Å². The van der Waals surface area contributed by atoms with E-state index in [2.05, 4.69) is 16.8 Å². The molecule has 1 unspecified atom stereocenters. The Labute approximate surface area is 88.3 Å². The van der Waals surface area contributed by atoms with Gasteiger partial charge in [-0.3, -0.25) is 0 Å². The molecule has 0 saturated carbocycles. The van der Waals surface area contributed by atoms with Crippen LogP contribution in [0, 0.1) is 0 Å². The third-order valence-electron chi connectivity index (χ3n) is 3.83. The van der Waals surface area contributed by atoms with Crippen molar-refractivity contribution < 1.29 is 0 Å². The Hall–Kier alpha value is -0.0800. The molecule has 82 valence electrons. The molecule has 2 saturated heterocycles. The smallest absolute Gasteiger partial charge is 0.0108 e. The third kappa shape index (κ3) is 2.71. The standard InChI is InChI=1S/C12H24N2/c1-13-8-5-6-12(7-11-13)14-9-3-2-4-10-14/h12H,2-11H2,1H3. The fourth-order valence-electron chi connectivity index (χ4n) is 2.87. The average molecular weight is 196 g/mol. The van der Waals surface area contributed by atoms with Crippen LogP contribution in [0.5, 0.6) is 0 Å². The maximum atomic E-state index is 2.75. The molecule has 0 aromatic rings. The van der Waals surface area contributed by atoms with E-state index in [1.807, 2.05) is 0 Å². The first kappa shape index (κ1) is 10.4. The van der Waals surface area contributed by atoms with Gasteiger partial charge in [-0.05, 0) is 65.3 Å². The summed E-state index contributed by atoms with van der Waals surface area (Å²) in [6, 6.07) is 0.903. The molecule has 2 rings (SSSR count). The van der Waals surface area contributed by atoms with Crippen molar-refractivity contribution in [2.45, 2.75) is 44.6 Å². The maximum Gasteiger partial charge on any atom is 0.0108 e. The van der Waals surface area contributed by atoms with Crippen LogP contribution in [0.2, 0.25) is 0 Å². The van der Waals surface area contributed by atoms with E-state index < -0.39 is 0 Å². The highest BCUT2D eigenvalue weighted by Crippen LogP contribution is 2.20. The number of hydrogen-bond acceptors (Lipinski definition) is 2. The van der Waals surface area contributed by atoms with Crippen molar-refractivity contribution in [3.05, 3.63) is 0 Å². The van der Waals surface area contributed by atoms with E-state index in [1.54, 1.807) is 0 Å². The Morgan fingerprint density at radius 1 is 0.786 bits per heavy atom. The minimum atomic E-state index is 0.903. The van der Waals surface area contributed by atoms with Gasteiger partial charge in [-0.2, -0.15) is 0 Å². The van der Waals surface area contributed by atoms with Gasteiger partial charge in [-0.25, -0.2) is 0 Å². The molecule has 14 heavy (non-hydrogen) atoms. The highest BCUT2D eigenvalue weighted by molar-refractivity contribution is 4.78. The summed E-state index contributed by atoms with van der Waals surface area (Å²) < 4.78 is 0. The van der Waals surface area contributed by atoms with Gasteiger partial charge in [-0.15, -0.1) is 0 Å². The zero-order valence-electron chi connectivity index (χ0n) is 9.54. The topological polar surface area (TPSA) is 6.48 Å². The molecule has 0 aliphatic carbocycles. The summed E-state index contributed by atoms with van der Waals surface area (Å²) >= 11 is 0. The molecule has 0 spiro atoms. The monoisotopic (exact) mass is 196 g/mol. The van der Waals surface area contributed by atoms with Gasteiger partial charge in [0, 0.05) is 6.04 Å². The van der Waals surface area contributed by atoms with Crippen LogP contribution >= 0.6 is 0 Å². The summed E-state index contributed by atoms with van der Waals surface area (Å²) in [7, 11) is 2.26. The lowest BCUT2D eigenvalue weighted by atomic mass is 10.0. The SMILES string of the molecule is CN1CCCC(N2CCCCC2)CC1. The molecule has 0 aromatic carbocycles. The lowest BCUT2D eigenvalue weighted by Crippen LogP contribution is -2.39. The molecule has 0 N–H and O–H groups in total. The van der Waals surface area contributed by atoms with Crippen molar-refractivity contribution in [2.75, 3.05) is 33.2 Å². The van der Waals surface area contributed by atoms with E-state index in [1.165, 1.54) is 64.7 Å².